The lowest BCUT2D eigenvalue weighted by molar-refractivity contribution is -0.122. The predicted octanol–water partition coefficient (Wildman–Crippen LogP) is 2.97. The van der Waals surface area contributed by atoms with Gasteiger partial charge in [0.2, 0.25) is 0 Å². The average molecular weight is 296 g/mol. The van der Waals surface area contributed by atoms with Gasteiger partial charge < -0.3 is 15.4 Å². The fourth-order valence-corrected chi connectivity index (χ4v) is 2.35. The second-order valence-corrected chi connectivity index (χ2v) is 5.20. The first kappa shape index (κ1) is 14.1. The minimum absolute atomic E-state index is 0.223. The van der Waals surface area contributed by atoms with Gasteiger partial charge in [-0.15, -0.1) is 0 Å². The lowest BCUT2D eigenvalue weighted by Gasteiger charge is -2.25. The fraction of sp³-hybridized carbons (Fsp3) is 0.176. The molecule has 0 saturated carbocycles. The van der Waals surface area contributed by atoms with Crippen LogP contribution in [0.25, 0.3) is 0 Å². The third-order valence-electron chi connectivity index (χ3n) is 3.59. The van der Waals surface area contributed by atoms with Gasteiger partial charge in [-0.2, -0.15) is 0 Å². The van der Waals surface area contributed by atoms with Gasteiger partial charge in [-0.25, -0.2) is 0 Å². The molecule has 1 aliphatic rings. The van der Waals surface area contributed by atoms with Crippen molar-refractivity contribution in [3.8, 4) is 5.75 Å². The number of amides is 2. The van der Waals surface area contributed by atoms with E-state index in [0.29, 0.717) is 22.7 Å². The molecule has 0 fully saturated rings. The third-order valence-corrected chi connectivity index (χ3v) is 3.59. The van der Waals surface area contributed by atoms with Crippen LogP contribution in [0.1, 0.15) is 22.8 Å². The molecule has 0 radical (unpaired) electrons. The molecular formula is C17H16N2O3. The average Bonchev–Trinajstić information content (AvgIpc) is 2.49. The molecule has 2 aromatic rings. The first-order chi connectivity index (χ1) is 10.6. The van der Waals surface area contributed by atoms with Crippen LogP contribution in [0.4, 0.5) is 11.4 Å². The van der Waals surface area contributed by atoms with E-state index in [0.717, 1.165) is 5.56 Å². The van der Waals surface area contributed by atoms with Crippen molar-refractivity contribution >= 4 is 23.2 Å². The van der Waals surface area contributed by atoms with Crippen molar-refractivity contribution < 1.29 is 14.3 Å². The summed E-state index contributed by atoms with van der Waals surface area (Å²) in [5, 5.41) is 5.60. The van der Waals surface area contributed by atoms with Crippen LogP contribution in [-0.4, -0.2) is 17.9 Å². The Hall–Kier alpha value is -2.82. The molecule has 0 aliphatic carbocycles. The largest absolute Gasteiger partial charge is 0.479 e. The highest BCUT2D eigenvalue weighted by Gasteiger charge is 2.26. The van der Waals surface area contributed by atoms with Crippen molar-refractivity contribution in [3.63, 3.8) is 0 Å². The molecule has 1 aliphatic heterocycles. The van der Waals surface area contributed by atoms with Gasteiger partial charge in [0.25, 0.3) is 11.8 Å². The molecule has 3 rings (SSSR count). The monoisotopic (exact) mass is 296 g/mol. The third kappa shape index (κ3) is 2.53. The zero-order valence-corrected chi connectivity index (χ0v) is 12.3. The zero-order chi connectivity index (χ0) is 15.7. The topological polar surface area (TPSA) is 67.4 Å². The van der Waals surface area contributed by atoms with Crippen LogP contribution < -0.4 is 15.4 Å². The zero-order valence-electron chi connectivity index (χ0n) is 12.3. The molecule has 2 N–H and O–H groups in total. The molecule has 0 saturated heterocycles. The molecule has 2 amide bonds. The highest BCUT2D eigenvalue weighted by atomic mass is 16.5. The Labute approximate surface area is 128 Å². The first-order valence-electron chi connectivity index (χ1n) is 7.04. The van der Waals surface area contributed by atoms with Gasteiger partial charge in [0.05, 0.1) is 5.69 Å². The Balaban J connectivity index is 1.91. The second kappa shape index (κ2) is 5.52. The van der Waals surface area contributed by atoms with E-state index < -0.39 is 6.10 Å². The summed E-state index contributed by atoms with van der Waals surface area (Å²) in [7, 11) is 0. The quantitative estimate of drug-likeness (QED) is 0.895. The van der Waals surface area contributed by atoms with Gasteiger partial charge in [0.15, 0.2) is 6.10 Å². The highest BCUT2D eigenvalue weighted by molar-refractivity contribution is 6.09. The molecule has 5 nitrogen and oxygen atoms in total. The number of fused-ring (bicyclic) bond motifs is 1. The van der Waals surface area contributed by atoms with Crippen LogP contribution >= 0.6 is 0 Å². The van der Waals surface area contributed by atoms with Gasteiger partial charge in [-0.1, -0.05) is 24.3 Å². The number of anilines is 2. The van der Waals surface area contributed by atoms with Crippen LogP contribution in [0.3, 0.4) is 0 Å². The molecule has 22 heavy (non-hydrogen) atoms. The van der Waals surface area contributed by atoms with Gasteiger partial charge >= 0.3 is 0 Å². The van der Waals surface area contributed by atoms with Crippen molar-refractivity contribution in [3.05, 3.63) is 53.6 Å². The molecule has 0 aromatic heterocycles. The van der Waals surface area contributed by atoms with E-state index in [1.54, 1.807) is 31.2 Å². The molecule has 0 spiro atoms. The van der Waals surface area contributed by atoms with Crippen molar-refractivity contribution in [2.45, 2.75) is 20.0 Å². The van der Waals surface area contributed by atoms with Crippen LogP contribution in [0.5, 0.6) is 5.75 Å². The summed E-state index contributed by atoms with van der Waals surface area (Å²) in [5.41, 5.74) is 2.49. The van der Waals surface area contributed by atoms with Gasteiger partial charge in [0.1, 0.15) is 11.4 Å². The fourth-order valence-electron chi connectivity index (χ4n) is 2.35. The normalized spacial score (nSPS) is 16.3. The lowest BCUT2D eigenvalue weighted by Crippen LogP contribution is -2.34. The molecule has 1 unspecified atom stereocenters. The number of carbonyl (C=O) groups excluding carboxylic acids is 2. The number of rotatable bonds is 2. The molecule has 112 valence electrons. The lowest BCUT2D eigenvalue weighted by atomic mass is 10.1. The van der Waals surface area contributed by atoms with Gasteiger partial charge in [-0.05, 0) is 37.6 Å². The Bertz CT molecular complexity index is 755. The molecule has 2 aromatic carbocycles. The summed E-state index contributed by atoms with van der Waals surface area (Å²) >= 11 is 0. The number of ether oxygens (including phenoxy) is 1. The number of hydrogen-bond acceptors (Lipinski definition) is 3. The van der Waals surface area contributed by atoms with Crippen LogP contribution in [0.15, 0.2) is 42.5 Å². The summed E-state index contributed by atoms with van der Waals surface area (Å²) < 4.78 is 5.53. The maximum absolute atomic E-state index is 12.4. The predicted molar refractivity (Wildman–Crippen MR) is 84.3 cm³/mol. The van der Waals surface area contributed by atoms with Crippen LogP contribution in [0.2, 0.25) is 0 Å². The summed E-state index contributed by atoms with van der Waals surface area (Å²) in [5.74, 6) is 0.0964. The number of benzene rings is 2. The Morgan fingerprint density at radius 1 is 1.18 bits per heavy atom. The van der Waals surface area contributed by atoms with Gasteiger partial charge in [-0.3, -0.25) is 9.59 Å². The Morgan fingerprint density at radius 2 is 1.95 bits per heavy atom. The Kier molecular flexibility index (Phi) is 3.55. The number of aryl methyl sites for hydroxylation is 1. The van der Waals surface area contributed by atoms with Crippen LogP contribution in [-0.2, 0) is 4.79 Å². The summed E-state index contributed by atoms with van der Waals surface area (Å²) in [6.45, 7) is 3.55. The molecule has 0 bridgehead atoms. The summed E-state index contributed by atoms with van der Waals surface area (Å²) in [6.07, 6.45) is -0.546. The minimum Gasteiger partial charge on any atom is -0.479 e. The van der Waals surface area contributed by atoms with E-state index in [1.165, 1.54) is 0 Å². The van der Waals surface area contributed by atoms with E-state index in [9.17, 15) is 9.59 Å². The number of hydrogen-bond donors (Lipinski definition) is 2. The minimum atomic E-state index is -0.546. The second-order valence-electron chi connectivity index (χ2n) is 5.20. The Morgan fingerprint density at radius 3 is 2.73 bits per heavy atom. The molecule has 1 atom stereocenters. The molecule has 1 heterocycles. The standard InChI is InChI=1S/C17H16N2O3/c1-10-6-3-4-7-12(10)17(21)18-13-8-5-9-14-15(13)19-16(20)11(2)22-14/h3-9,11H,1-2H3,(H,18,21)(H,19,20). The van der Waals surface area contributed by atoms with E-state index in [1.807, 2.05) is 25.1 Å². The summed E-state index contributed by atoms with van der Waals surface area (Å²) in [4.78, 5) is 24.2. The maximum atomic E-state index is 12.4. The smallest absolute Gasteiger partial charge is 0.265 e. The van der Waals surface area contributed by atoms with Crippen molar-refractivity contribution in [1.29, 1.82) is 0 Å². The van der Waals surface area contributed by atoms with E-state index in [4.69, 9.17) is 4.74 Å². The van der Waals surface area contributed by atoms with Crippen LogP contribution in [0, 0.1) is 6.92 Å². The SMILES string of the molecule is Cc1ccccc1C(=O)Nc1cccc2c1NC(=O)C(C)O2. The number of nitrogens with one attached hydrogen (secondary N) is 2. The van der Waals surface area contributed by atoms with E-state index >= 15 is 0 Å². The molecule has 5 heteroatoms. The first-order valence-corrected chi connectivity index (χ1v) is 7.04. The number of carbonyl (C=O) groups is 2. The number of para-hydroxylation sites is 1. The van der Waals surface area contributed by atoms with Crippen molar-refractivity contribution in [2.75, 3.05) is 10.6 Å². The van der Waals surface area contributed by atoms with Crippen molar-refractivity contribution in [2.24, 2.45) is 0 Å². The van der Waals surface area contributed by atoms with Crippen molar-refractivity contribution in [1.82, 2.24) is 0 Å². The highest BCUT2D eigenvalue weighted by Crippen LogP contribution is 2.36. The van der Waals surface area contributed by atoms with E-state index in [-0.39, 0.29) is 11.8 Å². The summed E-state index contributed by atoms with van der Waals surface area (Å²) in [6, 6.07) is 12.6. The molecular weight excluding hydrogens is 280 g/mol. The maximum Gasteiger partial charge on any atom is 0.265 e. The van der Waals surface area contributed by atoms with E-state index in [2.05, 4.69) is 10.6 Å². The van der Waals surface area contributed by atoms with Gasteiger partial charge in [0, 0.05) is 5.56 Å².